The molecule has 26 heavy (non-hydrogen) atoms. The number of likely N-dealkylation sites (tertiary alicyclic amines) is 1. The SMILES string of the molecule is O=C1N([C@H]2CC[C@H](O)CC2)CC[C@@]12CCCN(c1ncc(F)cc1F)C2. The Balaban J connectivity index is 1.50. The van der Waals surface area contributed by atoms with E-state index in [2.05, 4.69) is 4.98 Å². The van der Waals surface area contributed by atoms with Gasteiger partial charge in [-0.2, -0.15) is 0 Å². The average Bonchev–Trinajstić information content (AvgIpc) is 2.92. The Kier molecular flexibility index (Phi) is 4.59. The number of anilines is 1. The third-order valence-corrected chi connectivity index (χ3v) is 6.32. The average molecular weight is 365 g/mol. The van der Waals surface area contributed by atoms with Gasteiger partial charge in [0.05, 0.1) is 17.7 Å². The molecule has 2 aliphatic heterocycles. The Bertz CT molecular complexity index is 693. The minimum absolute atomic E-state index is 0.137. The molecule has 3 fully saturated rings. The molecule has 1 atom stereocenters. The Hall–Kier alpha value is -1.76. The highest BCUT2D eigenvalue weighted by molar-refractivity contribution is 5.86. The van der Waals surface area contributed by atoms with Crippen molar-refractivity contribution in [1.82, 2.24) is 9.88 Å². The zero-order chi connectivity index (χ0) is 18.3. The number of halogens is 2. The second-order valence-corrected chi connectivity index (χ2v) is 7.98. The van der Waals surface area contributed by atoms with E-state index in [1.54, 1.807) is 4.90 Å². The van der Waals surface area contributed by atoms with Crippen LogP contribution in [0.1, 0.15) is 44.9 Å². The molecule has 1 aromatic rings. The van der Waals surface area contributed by atoms with Gasteiger partial charge in [0, 0.05) is 31.7 Å². The van der Waals surface area contributed by atoms with Gasteiger partial charge in [-0.25, -0.2) is 13.8 Å². The lowest BCUT2D eigenvalue weighted by atomic mass is 9.78. The quantitative estimate of drug-likeness (QED) is 0.875. The van der Waals surface area contributed by atoms with E-state index < -0.39 is 17.0 Å². The second-order valence-electron chi connectivity index (χ2n) is 7.98. The fraction of sp³-hybridized carbons (Fsp3) is 0.684. The Morgan fingerprint density at radius 3 is 2.65 bits per heavy atom. The highest BCUT2D eigenvalue weighted by atomic mass is 19.1. The standard InChI is InChI=1S/C19H25F2N3O2/c20-13-10-16(21)17(22-11-13)23-8-1-6-19(12-23)7-9-24(18(19)26)14-2-4-15(25)5-3-14/h10-11,14-15,25H,1-9,12H2/t14-,15-,19-/m1/s1. The van der Waals surface area contributed by atoms with E-state index in [9.17, 15) is 18.7 Å². The Morgan fingerprint density at radius 2 is 1.92 bits per heavy atom. The van der Waals surface area contributed by atoms with E-state index in [0.29, 0.717) is 13.1 Å². The molecule has 1 spiro atoms. The summed E-state index contributed by atoms with van der Waals surface area (Å²) in [4.78, 5) is 20.9. The van der Waals surface area contributed by atoms with Crippen LogP contribution in [0.3, 0.4) is 0 Å². The van der Waals surface area contributed by atoms with Crippen molar-refractivity contribution in [1.29, 1.82) is 0 Å². The number of hydrogen-bond donors (Lipinski definition) is 1. The van der Waals surface area contributed by atoms with Crippen molar-refractivity contribution in [2.24, 2.45) is 5.41 Å². The third-order valence-electron chi connectivity index (χ3n) is 6.32. The molecule has 1 aromatic heterocycles. The van der Waals surface area contributed by atoms with Gasteiger partial charge in [0.15, 0.2) is 11.6 Å². The van der Waals surface area contributed by atoms with Gasteiger partial charge in [-0.1, -0.05) is 0 Å². The van der Waals surface area contributed by atoms with E-state index >= 15 is 0 Å². The van der Waals surface area contributed by atoms with Crippen LogP contribution >= 0.6 is 0 Å². The summed E-state index contributed by atoms with van der Waals surface area (Å²) in [6, 6.07) is 1.06. The first kappa shape index (κ1) is 17.6. The lowest BCUT2D eigenvalue weighted by Gasteiger charge is -2.41. The molecule has 1 aliphatic carbocycles. The molecule has 0 aromatic carbocycles. The summed E-state index contributed by atoms with van der Waals surface area (Å²) < 4.78 is 27.3. The molecule has 142 valence electrons. The molecule has 4 rings (SSSR count). The molecule has 0 unspecified atom stereocenters. The van der Waals surface area contributed by atoms with Crippen molar-refractivity contribution in [2.75, 3.05) is 24.5 Å². The van der Waals surface area contributed by atoms with Crippen LogP contribution in [-0.4, -0.2) is 52.7 Å². The Morgan fingerprint density at radius 1 is 1.15 bits per heavy atom. The molecule has 7 heteroatoms. The molecule has 0 radical (unpaired) electrons. The van der Waals surface area contributed by atoms with Gasteiger partial charge in [0.2, 0.25) is 5.91 Å². The number of pyridine rings is 1. The van der Waals surface area contributed by atoms with Crippen LogP contribution in [0, 0.1) is 17.0 Å². The van der Waals surface area contributed by atoms with Crippen molar-refractivity contribution in [2.45, 2.75) is 57.1 Å². The van der Waals surface area contributed by atoms with Gasteiger partial charge in [0.1, 0.15) is 5.82 Å². The lowest BCUT2D eigenvalue weighted by Crippen LogP contribution is -2.50. The molecule has 5 nitrogen and oxygen atoms in total. The first-order chi connectivity index (χ1) is 12.5. The summed E-state index contributed by atoms with van der Waals surface area (Å²) in [5.74, 6) is -1.07. The first-order valence-electron chi connectivity index (χ1n) is 9.54. The molecule has 3 aliphatic rings. The van der Waals surface area contributed by atoms with E-state index in [0.717, 1.165) is 63.8 Å². The highest BCUT2D eigenvalue weighted by Crippen LogP contribution is 2.43. The summed E-state index contributed by atoms with van der Waals surface area (Å²) in [7, 11) is 0. The Labute approximate surface area is 152 Å². The number of aliphatic hydroxyl groups is 1. The number of aliphatic hydroxyl groups excluding tert-OH is 1. The second kappa shape index (κ2) is 6.76. The molecule has 1 saturated carbocycles. The van der Waals surface area contributed by atoms with Crippen molar-refractivity contribution < 1.29 is 18.7 Å². The zero-order valence-electron chi connectivity index (χ0n) is 14.8. The maximum absolute atomic E-state index is 14.1. The minimum atomic E-state index is -0.694. The van der Waals surface area contributed by atoms with E-state index in [4.69, 9.17) is 0 Å². The maximum Gasteiger partial charge on any atom is 0.230 e. The monoisotopic (exact) mass is 365 g/mol. The predicted octanol–water partition coefficient (Wildman–Crippen LogP) is 2.48. The van der Waals surface area contributed by atoms with Crippen LogP contribution < -0.4 is 4.90 Å². The van der Waals surface area contributed by atoms with Gasteiger partial charge in [-0.05, 0) is 44.9 Å². The molecular weight excluding hydrogens is 340 g/mol. The van der Waals surface area contributed by atoms with Gasteiger partial charge in [0.25, 0.3) is 0 Å². The van der Waals surface area contributed by atoms with E-state index in [1.165, 1.54) is 0 Å². The summed E-state index contributed by atoms with van der Waals surface area (Å²) >= 11 is 0. The van der Waals surface area contributed by atoms with Crippen LogP contribution in [0.2, 0.25) is 0 Å². The molecule has 1 N–H and O–H groups in total. The van der Waals surface area contributed by atoms with Crippen LogP contribution in [0.4, 0.5) is 14.6 Å². The number of carbonyl (C=O) groups excluding carboxylic acids is 1. The fourth-order valence-electron chi connectivity index (χ4n) is 4.90. The normalized spacial score (nSPS) is 32.5. The number of amides is 1. The minimum Gasteiger partial charge on any atom is -0.393 e. The fourth-order valence-corrected chi connectivity index (χ4v) is 4.90. The maximum atomic E-state index is 14.1. The first-order valence-corrected chi connectivity index (χ1v) is 9.54. The number of rotatable bonds is 2. The van der Waals surface area contributed by atoms with Gasteiger partial charge < -0.3 is 14.9 Å². The zero-order valence-corrected chi connectivity index (χ0v) is 14.8. The smallest absolute Gasteiger partial charge is 0.230 e. The summed E-state index contributed by atoms with van der Waals surface area (Å²) in [6.45, 7) is 1.79. The third kappa shape index (κ3) is 3.06. The number of aromatic nitrogens is 1. The van der Waals surface area contributed by atoms with Crippen LogP contribution in [-0.2, 0) is 4.79 Å². The number of carbonyl (C=O) groups is 1. The molecule has 2 saturated heterocycles. The predicted molar refractivity (Wildman–Crippen MR) is 92.6 cm³/mol. The number of piperidine rings is 1. The van der Waals surface area contributed by atoms with Crippen molar-refractivity contribution in [3.05, 3.63) is 23.9 Å². The van der Waals surface area contributed by atoms with Crippen molar-refractivity contribution in [3.63, 3.8) is 0 Å². The van der Waals surface area contributed by atoms with Crippen molar-refractivity contribution >= 4 is 11.7 Å². The van der Waals surface area contributed by atoms with Crippen LogP contribution in [0.15, 0.2) is 12.3 Å². The van der Waals surface area contributed by atoms with Gasteiger partial charge in [-0.15, -0.1) is 0 Å². The molecule has 3 heterocycles. The topological polar surface area (TPSA) is 56.7 Å². The largest absolute Gasteiger partial charge is 0.393 e. The summed E-state index contributed by atoms with van der Waals surface area (Å²) in [6.07, 6.45) is 6.34. The molecule has 0 bridgehead atoms. The van der Waals surface area contributed by atoms with Crippen LogP contribution in [0.5, 0.6) is 0 Å². The van der Waals surface area contributed by atoms with E-state index in [-0.39, 0.29) is 23.9 Å². The van der Waals surface area contributed by atoms with E-state index in [1.807, 2.05) is 4.90 Å². The van der Waals surface area contributed by atoms with Gasteiger partial charge in [-0.3, -0.25) is 4.79 Å². The highest BCUT2D eigenvalue weighted by Gasteiger charge is 2.51. The number of nitrogens with zero attached hydrogens (tertiary/aromatic N) is 3. The molecule has 1 amide bonds. The lowest BCUT2D eigenvalue weighted by molar-refractivity contribution is -0.139. The summed E-state index contributed by atoms with van der Waals surface area (Å²) in [5, 5.41) is 9.70. The van der Waals surface area contributed by atoms with Crippen LogP contribution in [0.25, 0.3) is 0 Å². The van der Waals surface area contributed by atoms with Gasteiger partial charge >= 0.3 is 0 Å². The number of hydrogen-bond acceptors (Lipinski definition) is 4. The van der Waals surface area contributed by atoms with Crippen molar-refractivity contribution in [3.8, 4) is 0 Å². The molecular formula is C19H25F2N3O2. The summed E-state index contributed by atoms with van der Waals surface area (Å²) in [5.41, 5.74) is -0.489.